The van der Waals surface area contributed by atoms with E-state index in [2.05, 4.69) is 27.2 Å². The average Bonchev–Trinajstić information content (AvgIpc) is 3.03. The van der Waals surface area contributed by atoms with Gasteiger partial charge in [0.15, 0.2) is 0 Å². The van der Waals surface area contributed by atoms with Gasteiger partial charge in [-0.15, -0.1) is 5.10 Å². The Bertz CT molecular complexity index is 1140. The fourth-order valence-corrected chi connectivity index (χ4v) is 3.82. The number of amides is 1. The summed E-state index contributed by atoms with van der Waals surface area (Å²) in [7, 11) is 1.54. The number of hydrogen-bond acceptors (Lipinski definition) is 6. The molecule has 1 aliphatic heterocycles. The molecule has 1 atom stereocenters. The molecule has 0 spiro atoms. The minimum absolute atomic E-state index is 0.213. The van der Waals surface area contributed by atoms with Crippen LogP contribution in [0.3, 0.4) is 0 Å². The Kier molecular flexibility index (Phi) is 5.43. The molecule has 3 heterocycles. The third-order valence-corrected chi connectivity index (χ3v) is 5.34. The van der Waals surface area contributed by atoms with E-state index >= 15 is 0 Å². The smallest absolute Gasteiger partial charge is 0.352 e. The van der Waals surface area contributed by atoms with Crippen LogP contribution < -0.4 is 20.6 Å². The Morgan fingerprint density at radius 3 is 2.93 bits per heavy atom. The maximum atomic E-state index is 12.6. The van der Waals surface area contributed by atoms with Crippen LogP contribution in [0.1, 0.15) is 25.3 Å². The van der Waals surface area contributed by atoms with Crippen molar-refractivity contribution in [3.63, 3.8) is 0 Å². The first kappa shape index (κ1) is 19.9. The molecule has 3 aromatic rings. The van der Waals surface area contributed by atoms with Gasteiger partial charge in [-0.3, -0.25) is 4.79 Å². The topological polar surface area (TPSA) is 93.8 Å². The lowest BCUT2D eigenvalue weighted by atomic mass is 10.0. The SMILES string of the molecule is COc1ccc(C)cc1NC(=O)Cn1nc2nc(N3CCC[C@H](C)C3)ccn2c1=O. The van der Waals surface area contributed by atoms with E-state index in [-0.39, 0.29) is 18.2 Å². The quantitative estimate of drug-likeness (QED) is 0.692. The molecule has 1 amide bonds. The Hall–Kier alpha value is -3.36. The Morgan fingerprint density at radius 1 is 1.33 bits per heavy atom. The maximum Gasteiger partial charge on any atom is 0.352 e. The highest BCUT2D eigenvalue weighted by Crippen LogP contribution is 2.25. The van der Waals surface area contributed by atoms with Crippen LogP contribution in [0.5, 0.6) is 5.75 Å². The van der Waals surface area contributed by atoms with E-state index in [0.29, 0.717) is 17.4 Å². The zero-order valence-corrected chi connectivity index (χ0v) is 17.5. The minimum atomic E-state index is -0.401. The van der Waals surface area contributed by atoms with Crippen LogP contribution >= 0.6 is 0 Å². The predicted octanol–water partition coefficient (Wildman–Crippen LogP) is 2.08. The molecule has 1 N–H and O–H groups in total. The molecule has 4 rings (SSSR count). The third-order valence-electron chi connectivity index (χ3n) is 5.34. The molecule has 0 radical (unpaired) electrons. The van der Waals surface area contributed by atoms with Gasteiger partial charge in [0, 0.05) is 19.3 Å². The van der Waals surface area contributed by atoms with Gasteiger partial charge in [0.2, 0.25) is 5.91 Å². The summed E-state index contributed by atoms with van der Waals surface area (Å²) in [6.45, 7) is 5.82. The van der Waals surface area contributed by atoms with Crippen molar-refractivity contribution < 1.29 is 9.53 Å². The molecule has 0 unspecified atom stereocenters. The molecular formula is C21H26N6O3. The van der Waals surface area contributed by atoms with Crippen molar-refractivity contribution in [2.75, 3.05) is 30.4 Å². The number of piperidine rings is 1. The summed E-state index contributed by atoms with van der Waals surface area (Å²) in [6, 6.07) is 7.33. The fourth-order valence-electron chi connectivity index (χ4n) is 3.82. The molecular weight excluding hydrogens is 384 g/mol. The molecule has 1 aliphatic rings. The Morgan fingerprint density at radius 2 is 2.17 bits per heavy atom. The first-order valence-electron chi connectivity index (χ1n) is 10.1. The van der Waals surface area contributed by atoms with Crippen LogP contribution in [0.4, 0.5) is 11.5 Å². The van der Waals surface area contributed by atoms with E-state index in [0.717, 1.165) is 35.6 Å². The van der Waals surface area contributed by atoms with Crippen molar-refractivity contribution in [2.45, 2.75) is 33.2 Å². The third kappa shape index (κ3) is 4.00. The number of aryl methyl sites for hydroxylation is 1. The highest BCUT2D eigenvalue weighted by molar-refractivity contribution is 5.92. The molecule has 2 aromatic heterocycles. The van der Waals surface area contributed by atoms with Gasteiger partial charge in [0.05, 0.1) is 12.8 Å². The normalized spacial score (nSPS) is 16.6. The summed E-state index contributed by atoms with van der Waals surface area (Å²) in [5, 5.41) is 7.05. The lowest BCUT2D eigenvalue weighted by Gasteiger charge is -2.31. The molecule has 1 saturated heterocycles. The number of aromatic nitrogens is 4. The second-order valence-electron chi connectivity index (χ2n) is 7.84. The first-order valence-corrected chi connectivity index (χ1v) is 10.1. The van der Waals surface area contributed by atoms with Gasteiger partial charge in [-0.1, -0.05) is 13.0 Å². The number of hydrogen-bond donors (Lipinski definition) is 1. The summed E-state index contributed by atoms with van der Waals surface area (Å²) in [5.41, 5.74) is 1.14. The number of anilines is 2. The van der Waals surface area contributed by atoms with Gasteiger partial charge >= 0.3 is 5.69 Å². The lowest BCUT2D eigenvalue weighted by Crippen LogP contribution is -2.35. The Labute approximate surface area is 174 Å². The molecule has 0 saturated carbocycles. The summed E-state index contributed by atoms with van der Waals surface area (Å²) in [5.74, 6) is 1.89. The van der Waals surface area contributed by atoms with Crippen molar-refractivity contribution in [1.29, 1.82) is 0 Å². The highest BCUT2D eigenvalue weighted by atomic mass is 16.5. The number of nitrogens with zero attached hydrogens (tertiary/aromatic N) is 5. The first-order chi connectivity index (χ1) is 14.4. The molecule has 9 heteroatoms. The molecule has 1 fully saturated rings. The van der Waals surface area contributed by atoms with Crippen LogP contribution in [-0.4, -0.2) is 45.3 Å². The number of carbonyl (C=O) groups excluding carboxylic acids is 1. The van der Waals surface area contributed by atoms with Crippen molar-refractivity contribution >= 4 is 23.2 Å². The average molecular weight is 410 g/mol. The van der Waals surface area contributed by atoms with Crippen LogP contribution in [0, 0.1) is 12.8 Å². The minimum Gasteiger partial charge on any atom is -0.495 e. The van der Waals surface area contributed by atoms with E-state index in [1.165, 1.54) is 10.8 Å². The van der Waals surface area contributed by atoms with Crippen molar-refractivity contribution in [1.82, 2.24) is 19.2 Å². The number of fused-ring (bicyclic) bond motifs is 1. The number of rotatable bonds is 5. The van der Waals surface area contributed by atoms with E-state index < -0.39 is 5.69 Å². The van der Waals surface area contributed by atoms with Crippen molar-refractivity contribution in [3.05, 3.63) is 46.5 Å². The standard InChI is InChI=1S/C21H26N6O3/c1-14-6-7-17(30-3)16(11-14)22-19(28)13-27-21(29)26-10-8-18(23-20(26)24-27)25-9-4-5-15(2)12-25/h6-8,10-11,15H,4-5,9,12-13H2,1-3H3,(H,22,28)/t15-/m0/s1. The van der Waals surface area contributed by atoms with E-state index in [1.807, 2.05) is 25.1 Å². The van der Waals surface area contributed by atoms with Crippen LogP contribution in [0.2, 0.25) is 0 Å². The molecule has 30 heavy (non-hydrogen) atoms. The van der Waals surface area contributed by atoms with E-state index in [9.17, 15) is 9.59 Å². The van der Waals surface area contributed by atoms with Gasteiger partial charge in [-0.2, -0.15) is 4.98 Å². The zero-order valence-electron chi connectivity index (χ0n) is 17.5. The second kappa shape index (κ2) is 8.17. The zero-order chi connectivity index (χ0) is 21.3. The van der Waals surface area contributed by atoms with Gasteiger partial charge in [-0.25, -0.2) is 13.9 Å². The number of ether oxygens (including phenoxy) is 1. The molecule has 158 valence electrons. The second-order valence-corrected chi connectivity index (χ2v) is 7.84. The van der Waals surface area contributed by atoms with Crippen molar-refractivity contribution in [2.24, 2.45) is 5.92 Å². The van der Waals surface area contributed by atoms with E-state index in [4.69, 9.17) is 4.74 Å². The Balaban J connectivity index is 1.54. The van der Waals surface area contributed by atoms with Crippen LogP contribution in [0.15, 0.2) is 35.3 Å². The van der Waals surface area contributed by atoms with Gasteiger partial charge in [0.1, 0.15) is 18.1 Å². The molecule has 9 nitrogen and oxygen atoms in total. The number of methoxy groups -OCH3 is 1. The van der Waals surface area contributed by atoms with Crippen molar-refractivity contribution in [3.8, 4) is 5.75 Å². The highest BCUT2D eigenvalue weighted by Gasteiger charge is 2.19. The van der Waals surface area contributed by atoms with Crippen LogP contribution in [0.25, 0.3) is 5.78 Å². The van der Waals surface area contributed by atoms with Gasteiger partial charge in [-0.05, 0) is 49.4 Å². The fraction of sp³-hybridized carbons (Fsp3) is 0.429. The van der Waals surface area contributed by atoms with Crippen LogP contribution in [-0.2, 0) is 11.3 Å². The number of carbonyl (C=O) groups is 1. The number of benzene rings is 1. The molecule has 0 aliphatic carbocycles. The largest absolute Gasteiger partial charge is 0.495 e. The summed E-state index contributed by atoms with van der Waals surface area (Å²) >= 11 is 0. The van der Waals surface area contributed by atoms with Gasteiger partial charge < -0.3 is 15.0 Å². The summed E-state index contributed by atoms with van der Waals surface area (Å²) in [4.78, 5) is 31.9. The van der Waals surface area contributed by atoms with Gasteiger partial charge in [0.25, 0.3) is 5.78 Å². The molecule has 1 aromatic carbocycles. The summed E-state index contributed by atoms with van der Waals surface area (Å²) in [6.07, 6.45) is 4.01. The monoisotopic (exact) mass is 410 g/mol. The lowest BCUT2D eigenvalue weighted by molar-refractivity contribution is -0.117. The summed E-state index contributed by atoms with van der Waals surface area (Å²) < 4.78 is 7.77. The predicted molar refractivity (Wildman–Crippen MR) is 114 cm³/mol. The molecule has 0 bridgehead atoms. The van der Waals surface area contributed by atoms with E-state index in [1.54, 1.807) is 19.4 Å². The maximum absolute atomic E-state index is 12.6. The number of nitrogens with one attached hydrogen (secondary N) is 1.